The van der Waals surface area contributed by atoms with Crippen molar-refractivity contribution in [1.82, 2.24) is 10.3 Å². The molecule has 0 aliphatic rings. The number of rotatable bonds is 5. The molecule has 1 aromatic heterocycles. The molecule has 0 unspecified atom stereocenters. The molecule has 3 aromatic rings. The monoisotopic (exact) mass is 393 g/mol. The highest BCUT2D eigenvalue weighted by Gasteiger charge is 2.12. The van der Waals surface area contributed by atoms with Crippen molar-refractivity contribution >= 4 is 29.1 Å². The zero-order valence-corrected chi connectivity index (χ0v) is 16.4. The molecule has 2 amide bonds. The second-order valence-electron chi connectivity index (χ2n) is 6.52. The summed E-state index contributed by atoms with van der Waals surface area (Å²) in [6.07, 6.45) is 1.44. The van der Waals surface area contributed by atoms with Crippen molar-refractivity contribution < 1.29 is 9.59 Å². The van der Waals surface area contributed by atoms with Gasteiger partial charge in [0.1, 0.15) is 5.69 Å². The van der Waals surface area contributed by atoms with Crippen molar-refractivity contribution in [2.75, 3.05) is 5.32 Å². The minimum absolute atomic E-state index is 0.153. The summed E-state index contributed by atoms with van der Waals surface area (Å²) in [5, 5.41) is 6.16. The number of hydrogen-bond donors (Lipinski definition) is 2. The van der Waals surface area contributed by atoms with Crippen molar-refractivity contribution in [2.45, 2.75) is 20.4 Å². The van der Waals surface area contributed by atoms with E-state index in [-0.39, 0.29) is 11.6 Å². The van der Waals surface area contributed by atoms with Gasteiger partial charge in [-0.3, -0.25) is 14.6 Å². The van der Waals surface area contributed by atoms with Crippen molar-refractivity contribution in [3.63, 3.8) is 0 Å². The van der Waals surface area contributed by atoms with Crippen LogP contribution in [-0.4, -0.2) is 16.8 Å². The van der Waals surface area contributed by atoms with E-state index in [1.54, 1.807) is 18.2 Å². The van der Waals surface area contributed by atoms with Gasteiger partial charge in [0.05, 0.1) is 0 Å². The average Bonchev–Trinajstić information content (AvgIpc) is 2.69. The van der Waals surface area contributed by atoms with Crippen LogP contribution in [-0.2, 0) is 6.54 Å². The largest absolute Gasteiger partial charge is 0.348 e. The molecule has 142 valence electrons. The van der Waals surface area contributed by atoms with E-state index in [0.29, 0.717) is 22.8 Å². The summed E-state index contributed by atoms with van der Waals surface area (Å²) in [6, 6.07) is 16.2. The van der Waals surface area contributed by atoms with E-state index in [9.17, 15) is 9.59 Å². The number of aryl methyl sites for hydroxylation is 2. The Hall–Kier alpha value is -3.18. The lowest BCUT2D eigenvalue weighted by molar-refractivity contribution is 0.0950. The number of anilines is 1. The first-order valence-corrected chi connectivity index (χ1v) is 9.17. The predicted molar refractivity (Wildman–Crippen MR) is 111 cm³/mol. The molecule has 3 rings (SSSR count). The topological polar surface area (TPSA) is 71.1 Å². The summed E-state index contributed by atoms with van der Waals surface area (Å²) >= 11 is 6.09. The Morgan fingerprint density at radius 2 is 1.82 bits per heavy atom. The highest BCUT2D eigenvalue weighted by Crippen LogP contribution is 2.20. The Labute approximate surface area is 168 Å². The van der Waals surface area contributed by atoms with Crippen LogP contribution in [0.2, 0.25) is 5.02 Å². The molecule has 1 heterocycles. The third-order valence-electron chi connectivity index (χ3n) is 4.22. The van der Waals surface area contributed by atoms with Crippen molar-refractivity contribution in [3.8, 4) is 0 Å². The SMILES string of the molecule is Cc1cccc(CNC(=O)c2ccnc(C(=O)Nc3ccc(C)c(Cl)c3)c2)c1. The van der Waals surface area contributed by atoms with Gasteiger partial charge in [-0.2, -0.15) is 0 Å². The molecule has 2 N–H and O–H groups in total. The third kappa shape index (κ3) is 4.96. The number of carbonyl (C=O) groups excluding carboxylic acids is 2. The molecule has 0 aliphatic heterocycles. The molecule has 0 bridgehead atoms. The van der Waals surface area contributed by atoms with Gasteiger partial charge in [-0.1, -0.05) is 47.5 Å². The fraction of sp³-hybridized carbons (Fsp3) is 0.136. The molecule has 0 spiro atoms. The lowest BCUT2D eigenvalue weighted by Gasteiger charge is -2.09. The average molecular weight is 394 g/mol. The van der Waals surface area contributed by atoms with Crippen molar-refractivity contribution in [1.29, 1.82) is 0 Å². The fourth-order valence-electron chi connectivity index (χ4n) is 2.67. The lowest BCUT2D eigenvalue weighted by Crippen LogP contribution is -2.23. The maximum absolute atomic E-state index is 12.5. The van der Waals surface area contributed by atoms with Crippen LogP contribution in [0, 0.1) is 13.8 Å². The summed E-state index contributed by atoms with van der Waals surface area (Å²) < 4.78 is 0. The quantitative estimate of drug-likeness (QED) is 0.668. The van der Waals surface area contributed by atoms with Gasteiger partial charge in [0, 0.05) is 29.0 Å². The van der Waals surface area contributed by atoms with Gasteiger partial charge in [-0.25, -0.2) is 0 Å². The number of hydrogen-bond acceptors (Lipinski definition) is 3. The molecular weight excluding hydrogens is 374 g/mol. The maximum Gasteiger partial charge on any atom is 0.274 e. The number of halogens is 1. The number of nitrogens with zero attached hydrogens (tertiary/aromatic N) is 1. The minimum Gasteiger partial charge on any atom is -0.348 e. The summed E-state index contributed by atoms with van der Waals surface area (Å²) in [5.41, 5.74) is 4.15. The Morgan fingerprint density at radius 1 is 1.00 bits per heavy atom. The van der Waals surface area contributed by atoms with E-state index < -0.39 is 5.91 Å². The first-order valence-electron chi connectivity index (χ1n) is 8.79. The van der Waals surface area contributed by atoms with Crippen LogP contribution in [0.15, 0.2) is 60.8 Å². The van der Waals surface area contributed by atoms with Gasteiger partial charge in [-0.15, -0.1) is 0 Å². The number of nitrogens with one attached hydrogen (secondary N) is 2. The lowest BCUT2D eigenvalue weighted by atomic mass is 10.1. The van der Waals surface area contributed by atoms with Gasteiger partial charge in [0.15, 0.2) is 0 Å². The molecule has 5 nitrogen and oxygen atoms in total. The zero-order valence-electron chi connectivity index (χ0n) is 15.6. The Kier molecular flexibility index (Phi) is 6.06. The van der Waals surface area contributed by atoms with E-state index in [2.05, 4.69) is 15.6 Å². The normalized spacial score (nSPS) is 10.4. The summed E-state index contributed by atoms with van der Waals surface area (Å²) in [6.45, 7) is 4.29. The first kappa shape index (κ1) is 19.6. The molecule has 0 radical (unpaired) electrons. The summed E-state index contributed by atoms with van der Waals surface area (Å²) in [7, 11) is 0. The minimum atomic E-state index is -0.409. The number of benzene rings is 2. The van der Waals surface area contributed by atoms with Crippen molar-refractivity contribution in [2.24, 2.45) is 0 Å². The van der Waals surface area contributed by atoms with E-state index in [0.717, 1.165) is 16.7 Å². The Morgan fingerprint density at radius 3 is 2.57 bits per heavy atom. The van der Waals surface area contributed by atoms with Crippen LogP contribution < -0.4 is 10.6 Å². The number of amides is 2. The van der Waals surface area contributed by atoms with Crippen LogP contribution in [0.25, 0.3) is 0 Å². The molecule has 0 saturated carbocycles. The molecule has 28 heavy (non-hydrogen) atoms. The molecule has 0 fully saturated rings. The van der Waals surface area contributed by atoms with Gasteiger partial charge < -0.3 is 10.6 Å². The molecule has 0 aliphatic carbocycles. The van der Waals surface area contributed by atoms with E-state index in [1.165, 1.54) is 12.3 Å². The highest BCUT2D eigenvalue weighted by atomic mass is 35.5. The van der Waals surface area contributed by atoms with Crippen molar-refractivity contribution in [3.05, 3.63) is 93.8 Å². The Bertz CT molecular complexity index is 1030. The van der Waals surface area contributed by atoms with E-state index >= 15 is 0 Å². The van der Waals surface area contributed by atoms with Crippen LogP contribution in [0.5, 0.6) is 0 Å². The summed E-state index contributed by atoms with van der Waals surface area (Å²) in [5.74, 6) is -0.676. The number of aromatic nitrogens is 1. The maximum atomic E-state index is 12.5. The second-order valence-corrected chi connectivity index (χ2v) is 6.93. The standard InChI is InChI=1S/C22H20ClN3O2/c1-14-4-3-5-16(10-14)13-25-21(27)17-8-9-24-20(11-17)22(28)26-18-7-6-15(2)19(23)12-18/h3-12H,13H2,1-2H3,(H,25,27)(H,26,28). The van der Waals surface area contributed by atoms with Gasteiger partial charge in [-0.05, 0) is 49.2 Å². The van der Waals surface area contributed by atoms with E-state index in [1.807, 2.05) is 44.2 Å². The fourth-order valence-corrected chi connectivity index (χ4v) is 2.85. The molecule has 0 saturated heterocycles. The van der Waals surface area contributed by atoms with Gasteiger partial charge >= 0.3 is 0 Å². The zero-order chi connectivity index (χ0) is 20.1. The summed E-state index contributed by atoms with van der Waals surface area (Å²) in [4.78, 5) is 28.9. The van der Waals surface area contributed by atoms with Crippen LogP contribution in [0.1, 0.15) is 37.5 Å². The molecule has 6 heteroatoms. The van der Waals surface area contributed by atoms with Crippen LogP contribution >= 0.6 is 11.6 Å². The molecule has 0 atom stereocenters. The van der Waals surface area contributed by atoms with E-state index in [4.69, 9.17) is 11.6 Å². The van der Waals surface area contributed by atoms with Crippen LogP contribution in [0.3, 0.4) is 0 Å². The molecule has 2 aromatic carbocycles. The number of pyridine rings is 1. The first-order chi connectivity index (χ1) is 13.4. The predicted octanol–water partition coefficient (Wildman–Crippen LogP) is 4.53. The highest BCUT2D eigenvalue weighted by molar-refractivity contribution is 6.31. The molecular formula is C22H20ClN3O2. The Balaban J connectivity index is 1.67. The van der Waals surface area contributed by atoms with Gasteiger partial charge in [0.25, 0.3) is 11.8 Å². The van der Waals surface area contributed by atoms with Crippen LogP contribution in [0.4, 0.5) is 5.69 Å². The second kappa shape index (κ2) is 8.67. The smallest absolute Gasteiger partial charge is 0.274 e. The van der Waals surface area contributed by atoms with Gasteiger partial charge in [0.2, 0.25) is 0 Å². The third-order valence-corrected chi connectivity index (χ3v) is 4.63. The number of carbonyl (C=O) groups is 2.